The molecular formula is C12H9BrN2O. The van der Waals surface area contributed by atoms with Crippen LogP contribution in [0.4, 0.5) is 0 Å². The monoisotopic (exact) mass is 276 g/mol. The van der Waals surface area contributed by atoms with Crippen molar-refractivity contribution in [1.29, 1.82) is 0 Å². The van der Waals surface area contributed by atoms with Gasteiger partial charge in [0.1, 0.15) is 5.76 Å². The number of imidazole rings is 1. The summed E-state index contributed by atoms with van der Waals surface area (Å²) in [5.74, 6) is 0.930. The summed E-state index contributed by atoms with van der Waals surface area (Å²) in [7, 11) is 0. The molecule has 0 aliphatic rings. The van der Waals surface area contributed by atoms with Crippen LogP contribution >= 0.6 is 15.9 Å². The van der Waals surface area contributed by atoms with E-state index >= 15 is 0 Å². The number of fused-ring (bicyclic) bond motifs is 1. The van der Waals surface area contributed by atoms with E-state index in [9.17, 15) is 0 Å². The molecule has 0 unspecified atom stereocenters. The summed E-state index contributed by atoms with van der Waals surface area (Å²) in [5, 5.41) is 0. The summed E-state index contributed by atoms with van der Waals surface area (Å²) in [6, 6.07) is 7.81. The van der Waals surface area contributed by atoms with Crippen LogP contribution in [0.1, 0.15) is 11.5 Å². The molecule has 80 valence electrons. The Morgan fingerprint density at radius 2 is 2.25 bits per heavy atom. The van der Waals surface area contributed by atoms with E-state index in [2.05, 4.69) is 20.9 Å². The van der Waals surface area contributed by atoms with Crippen molar-refractivity contribution in [2.45, 2.75) is 6.42 Å². The lowest BCUT2D eigenvalue weighted by molar-refractivity contribution is 0.519. The molecule has 0 saturated heterocycles. The number of nitrogens with zero attached hydrogens (tertiary/aromatic N) is 2. The highest BCUT2D eigenvalue weighted by molar-refractivity contribution is 9.10. The Kier molecular flexibility index (Phi) is 2.29. The zero-order valence-corrected chi connectivity index (χ0v) is 10.0. The van der Waals surface area contributed by atoms with E-state index in [-0.39, 0.29) is 0 Å². The van der Waals surface area contributed by atoms with Crippen LogP contribution in [0, 0.1) is 0 Å². The van der Waals surface area contributed by atoms with Crippen molar-refractivity contribution in [3.8, 4) is 0 Å². The third-order valence-electron chi connectivity index (χ3n) is 2.42. The van der Waals surface area contributed by atoms with Gasteiger partial charge >= 0.3 is 0 Å². The van der Waals surface area contributed by atoms with Gasteiger partial charge in [0, 0.05) is 18.8 Å². The van der Waals surface area contributed by atoms with Crippen LogP contribution in [0.25, 0.3) is 5.65 Å². The number of hydrogen-bond acceptors (Lipinski definition) is 2. The summed E-state index contributed by atoms with van der Waals surface area (Å²) in [4.78, 5) is 4.54. The zero-order chi connectivity index (χ0) is 11.0. The van der Waals surface area contributed by atoms with E-state index < -0.39 is 0 Å². The minimum Gasteiger partial charge on any atom is -0.469 e. The average Bonchev–Trinajstić information content (AvgIpc) is 2.88. The van der Waals surface area contributed by atoms with E-state index in [4.69, 9.17) is 4.42 Å². The summed E-state index contributed by atoms with van der Waals surface area (Å²) in [5.41, 5.74) is 1.94. The topological polar surface area (TPSA) is 30.4 Å². The van der Waals surface area contributed by atoms with Gasteiger partial charge in [-0.2, -0.15) is 0 Å². The van der Waals surface area contributed by atoms with Gasteiger partial charge in [0.05, 0.1) is 16.4 Å². The second-order valence-corrected chi connectivity index (χ2v) is 4.43. The van der Waals surface area contributed by atoms with E-state index in [1.54, 1.807) is 6.26 Å². The molecule has 0 aliphatic carbocycles. The van der Waals surface area contributed by atoms with Gasteiger partial charge in [-0.25, -0.2) is 4.98 Å². The second-order valence-electron chi connectivity index (χ2n) is 3.58. The van der Waals surface area contributed by atoms with Gasteiger partial charge in [0.15, 0.2) is 5.65 Å². The van der Waals surface area contributed by atoms with Gasteiger partial charge < -0.3 is 8.82 Å². The standard InChI is InChI=1S/C12H9BrN2O/c13-11-4-1-5-15-8-9(14-12(11)15)7-10-3-2-6-16-10/h1-6,8H,7H2. The third-order valence-corrected chi connectivity index (χ3v) is 3.04. The molecule has 0 radical (unpaired) electrons. The predicted molar refractivity (Wildman–Crippen MR) is 64.4 cm³/mol. The first-order chi connectivity index (χ1) is 7.83. The number of rotatable bonds is 2. The molecule has 4 heteroatoms. The highest BCUT2D eigenvalue weighted by Crippen LogP contribution is 2.18. The Bertz CT molecular complexity index is 613. The molecule has 3 heterocycles. The summed E-state index contributed by atoms with van der Waals surface area (Å²) in [6.45, 7) is 0. The Morgan fingerprint density at radius 1 is 1.31 bits per heavy atom. The first kappa shape index (κ1) is 9.66. The lowest BCUT2D eigenvalue weighted by Gasteiger charge is -1.92. The molecule has 0 bridgehead atoms. The lowest BCUT2D eigenvalue weighted by atomic mass is 10.3. The fraction of sp³-hybridized carbons (Fsp3) is 0.0833. The molecule has 0 N–H and O–H groups in total. The number of halogens is 1. The van der Waals surface area contributed by atoms with Crippen LogP contribution in [-0.2, 0) is 6.42 Å². The molecule has 3 aromatic heterocycles. The van der Waals surface area contributed by atoms with E-state index in [1.807, 2.05) is 41.1 Å². The molecule has 0 aliphatic heterocycles. The number of pyridine rings is 1. The van der Waals surface area contributed by atoms with Crippen molar-refractivity contribution >= 4 is 21.6 Å². The number of furan rings is 1. The number of hydrogen-bond donors (Lipinski definition) is 0. The molecule has 0 amide bonds. The molecule has 0 atom stereocenters. The van der Waals surface area contributed by atoms with Crippen LogP contribution in [0.5, 0.6) is 0 Å². The molecule has 0 fully saturated rings. The smallest absolute Gasteiger partial charge is 0.151 e. The quantitative estimate of drug-likeness (QED) is 0.719. The van der Waals surface area contributed by atoms with Gasteiger partial charge in [-0.05, 0) is 40.2 Å². The molecule has 0 saturated carbocycles. The maximum atomic E-state index is 5.30. The molecule has 16 heavy (non-hydrogen) atoms. The third kappa shape index (κ3) is 1.65. The number of aromatic nitrogens is 2. The zero-order valence-electron chi connectivity index (χ0n) is 8.43. The van der Waals surface area contributed by atoms with Crippen molar-refractivity contribution in [3.05, 3.63) is 58.8 Å². The Labute approximate surface area is 101 Å². The fourth-order valence-electron chi connectivity index (χ4n) is 1.71. The minimum atomic E-state index is 0.723. The van der Waals surface area contributed by atoms with Gasteiger partial charge in [-0.3, -0.25) is 0 Å². The van der Waals surface area contributed by atoms with Crippen LogP contribution < -0.4 is 0 Å². The summed E-state index contributed by atoms with van der Waals surface area (Å²) >= 11 is 3.48. The van der Waals surface area contributed by atoms with Crippen LogP contribution in [0.3, 0.4) is 0 Å². The maximum Gasteiger partial charge on any atom is 0.151 e. The Morgan fingerprint density at radius 3 is 3.00 bits per heavy atom. The van der Waals surface area contributed by atoms with Crippen LogP contribution in [0.15, 0.2) is 51.8 Å². The Hall–Kier alpha value is -1.55. The van der Waals surface area contributed by atoms with Gasteiger partial charge in [-0.1, -0.05) is 0 Å². The van der Waals surface area contributed by atoms with E-state index in [0.29, 0.717) is 0 Å². The normalized spacial score (nSPS) is 11.1. The van der Waals surface area contributed by atoms with Crippen LogP contribution in [0.2, 0.25) is 0 Å². The first-order valence-electron chi connectivity index (χ1n) is 4.97. The molecule has 0 aromatic carbocycles. The van der Waals surface area contributed by atoms with Gasteiger partial charge in [0.25, 0.3) is 0 Å². The van der Waals surface area contributed by atoms with Crippen molar-refractivity contribution in [3.63, 3.8) is 0 Å². The summed E-state index contributed by atoms with van der Waals surface area (Å²) < 4.78 is 8.31. The summed E-state index contributed by atoms with van der Waals surface area (Å²) in [6.07, 6.45) is 6.41. The van der Waals surface area contributed by atoms with Crippen molar-refractivity contribution in [2.24, 2.45) is 0 Å². The minimum absolute atomic E-state index is 0.723. The lowest BCUT2D eigenvalue weighted by Crippen LogP contribution is -1.84. The van der Waals surface area contributed by atoms with E-state index in [1.165, 1.54) is 0 Å². The molecule has 0 spiro atoms. The van der Waals surface area contributed by atoms with Crippen LogP contribution in [-0.4, -0.2) is 9.38 Å². The van der Waals surface area contributed by atoms with Gasteiger partial charge in [0.2, 0.25) is 0 Å². The molecule has 3 rings (SSSR count). The first-order valence-corrected chi connectivity index (χ1v) is 5.77. The SMILES string of the molecule is Brc1cccn2cc(Cc3ccco3)nc12. The average molecular weight is 277 g/mol. The predicted octanol–water partition coefficient (Wildman–Crippen LogP) is 3.28. The molecule has 3 aromatic rings. The van der Waals surface area contributed by atoms with E-state index in [0.717, 1.165) is 28.0 Å². The fourth-order valence-corrected chi connectivity index (χ4v) is 2.15. The maximum absolute atomic E-state index is 5.30. The second kappa shape index (κ2) is 3.79. The van der Waals surface area contributed by atoms with Gasteiger partial charge in [-0.15, -0.1) is 0 Å². The van der Waals surface area contributed by atoms with Crippen molar-refractivity contribution in [1.82, 2.24) is 9.38 Å². The largest absolute Gasteiger partial charge is 0.469 e. The molecule has 3 nitrogen and oxygen atoms in total. The molecular weight excluding hydrogens is 268 g/mol. The highest BCUT2D eigenvalue weighted by Gasteiger charge is 2.06. The Balaban J connectivity index is 2.02. The highest BCUT2D eigenvalue weighted by atomic mass is 79.9. The van der Waals surface area contributed by atoms with Crippen molar-refractivity contribution in [2.75, 3.05) is 0 Å². The van der Waals surface area contributed by atoms with Crippen molar-refractivity contribution < 1.29 is 4.42 Å².